The first-order valence-corrected chi connectivity index (χ1v) is 5.14. The van der Waals surface area contributed by atoms with E-state index in [2.05, 4.69) is 16.1 Å². The van der Waals surface area contributed by atoms with E-state index in [0.29, 0.717) is 0 Å². The van der Waals surface area contributed by atoms with Crippen LogP contribution in [0.5, 0.6) is 0 Å². The fourth-order valence-corrected chi connectivity index (χ4v) is 1.66. The quantitative estimate of drug-likeness (QED) is 0.695. The molecule has 2 rings (SSSR count). The molecule has 0 aromatic carbocycles. The second-order valence-corrected chi connectivity index (χ2v) is 3.51. The van der Waals surface area contributed by atoms with Gasteiger partial charge in [-0.2, -0.15) is 5.10 Å². The number of hydrogen-bond donors (Lipinski definition) is 0. The molecule has 14 heavy (non-hydrogen) atoms. The maximum atomic E-state index is 5.29. The van der Waals surface area contributed by atoms with E-state index in [0.717, 1.165) is 45.8 Å². The highest BCUT2D eigenvalue weighted by Crippen LogP contribution is 1.99. The van der Waals surface area contributed by atoms with E-state index in [1.165, 1.54) is 0 Å². The number of rotatable bonds is 4. The molecule has 0 amide bonds. The van der Waals surface area contributed by atoms with Crippen molar-refractivity contribution in [1.82, 2.24) is 14.7 Å². The van der Waals surface area contributed by atoms with Gasteiger partial charge in [0.1, 0.15) is 0 Å². The Morgan fingerprint density at radius 2 is 2.14 bits per heavy atom. The highest BCUT2D eigenvalue weighted by atomic mass is 16.5. The van der Waals surface area contributed by atoms with Crippen LogP contribution in [0.1, 0.15) is 6.42 Å². The van der Waals surface area contributed by atoms with E-state index in [1.54, 1.807) is 6.20 Å². The Labute approximate surface area is 84.5 Å². The van der Waals surface area contributed by atoms with E-state index in [1.807, 2.05) is 10.9 Å². The monoisotopic (exact) mass is 194 g/mol. The number of morpholine rings is 1. The van der Waals surface area contributed by atoms with Gasteiger partial charge in [-0.05, 0) is 6.42 Å². The van der Waals surface area contributed by atoms with E-state index < -0.39 is 0 Å². The summed E-state index contributed by atoms with van der Waals surface area (Å²) in [7, 11) is 0. The van der Waals surface area contributed by atoms with Crippen LogP contribution >= 0.6 is 0 Å². The maximum absolute atomic E-state index is 5.29. The van der Waals surface area contributed by atoms with Crippen molar-refractivity contribution in [2.24, 2.45) is 0 Å². The molecule has 4 nitrogen and oxygen atoms in total. The smallest absolute Gasteiger partial charge is 0.0594 e. The summed E-state index contributed by atoms with van der Waals surface area (Å²) >= 11 is 0. The molecule has 0 bridgehead atoms. The topological polar surface area (TPSA) is 30.3 Å². The van der Waals surface area contributed by atoms with Crippen LogP contribution in [-0.2, 0) is 11.3 Å². The van der Waals surface area contributed by atoms with Gasteiger partial charge in [0.25, 0.3) is 0 Å². The summed E-state index contributed by atoms with van der Waals surface area (Å²) < 4.78 is 7.22. The zero-order chi connectivity index (χ0) is 9.64. The molecule has 2 heterocycles. The molecular formula is C10H16N3O. The number of hydrogen-bond acceptors (Lipinski definition) is 3. The molecule has 1 aliphatic rings. The predicted molar refractivity (Wildman–Crippen MR) is 52.9 cm³/mol. The molecule has 1 aromatic heterocycles. The highest BCUT2D eigenvalue weighted by Gasteiger charge is 2.08. The van der Waals surface area contributed by atoms with Gasteiger partial charge in [-0.15, -0.1) is 0 Å². The first kappa shape index (κ1) is 9.68. The molecule has 0 unspecified atom stereocenters. The van der Waals surface area contributed by atoms with Crippen molar-refractivity contribution in [3.05, 3.63) is 18.5 Å². The van der Waals surface area contributed by atoms with Gasteiger partial charge in [0, 0.05) is 38.4 Å². The molecule has 1 radical (unpaired) electrons. The Bertz CT molecular complexity index is 242. The van der Waals surface area contributed by atoms with Crippen molar-refractivity contribution in [2.45, 2.75) is 13.0 Å². The standard InChI is InChI=1S/C10H16N3O/c1-3-11-13(5-1)6-2-4-12-7-9-14-10-8-12/h3,5H,2,4,6-10H2. The van der Waals surface area contributed by atoms with Gasteiger partial charge < -0.3 is 4.74 Å². The van der Waals surface area contributed by atoms with Crippen molar-refractivity contribution in [1.29, 1.82) is 0 Å². The summed E-state index contributed by atoms with van der Waals surface area (Å²) in [5, 5.41) is 4.12. The maximum Gasteiger partial charge on any atom is 0.0594 e. The molecule has 1 saturated heterocycles. The van der Waals surface area contributed by atoms with Crippen molar-refractivity contribution >= 4 is 0 Å². The van der Waals surface area contributed by atoms with Gasteiger partial charge >= 0.3 is 0 Å². The van der Waals surface area contributed by atoms with Crippen LogP contribution in [0.2, 0.25) is 0 Å². The minimum absolute atomic E-state index is 0.884. The van der Waals surface area contributed by atoms with Crippen molar-refractivity contribution in [3.8, 4) is 0 Å². The lowest BCUT2D eigenvalue weighted by Gasteiger charge is -2.26. The second-order valence-electron chi connectivity index (χ2n) is 3.51. The summed E-state index contributed by atoms with van der Waals surface area (Å²) in [4.78, 5) is 2.44. The molecule has 1 fully saturated rings. The van der Waals surface area contributed by atoms with Crippen LogP contribution < -0.4 is 0 Å². The van der Waals surface area contributed by atoms with Crippen molar-refractivity contribution < 1.29 is 4.74 Å². The molecule has 4 heteroatoms. The summed E-state index contributed by atoms with van der Waals surface area (Å²) in [6.45, 7) is 6.05. The van der Waals surface area contributed by atoms with Crippen LogP contribution in [0, 0.1) is 6.07 Å². The van der Waals surface area contributed by atoms with Crippen molar-refractivity contribution in [3.63, 3.8) is 0 Å². The van der Waals surface area contributed by atoms with Gasteiger partial charge in [-0.25, -0.2) is 0 Å². The number of aryl methyl sites for hydroxylation is 1. The molecule has 0 atom stereocenters. The van der Waals surface area contributed by atoms with E-state index in [9.17, 15) is 0 Å². The van der Waals surface area contributed by atoms with Gasteiger partial charge in [-0.3, -0.25) is 9.58 Å². The number of ether oxygens (including phenoxy) is 1. The van der Waals surface area contributed by atoms with Crippen LogP contribution in [0.4, 0.5) is 0 Å². The normalized spacial score (nSPS) is 18.6. The lowest BCUT2D eigenvalue weighted by Crippen LogP contribution is -2.37. The van der Waals surface area contributed by atoms with Crippen LogP contribution in [0.3, 0.4) is 0 Å². The fourth-order valence-electron chi connectivity index (χ4n) is 1.66. The molecule has 0 spiro atoms. The molecule has 0 N–H and O–H groups in total. The average Bonchev–Trinajstić information content (AvgIpc) is 2.72. The highest BCUT2D eigenvalue weighted by molar-refractivity contribution is 4.74. The van der Waals surface area contributed by atoms with E-state index in [-0.39, 0.29) is 0 Å². The summed E-state index contributed by atoms with van der Waals surface area (Å²) in [6, 6.07) is 2.94. The lowest BCUT2D eigenvalue weighted by molar-refractivity contribution is 0.0368. The average molecular weight is 194 g/mol. The Morgan fingerprint density at radius 1 is 1.29 bits per heavy atom. The number of nitrogens with zero attached hydrogens (tertiary/aromatic N) is 3. The Hall–Kier alpha value is -0.870. The zero-order valence-electron chi connectivity index (χ0n) is 8.35. The molecule has 0 aliphatic carbocycles. The van der Waals surface area contributed by atoms with Gasteiger partial charge in [0.15, 0.2) is 0 Å². The molecular weight excluding hydrogens is 178 g/mol. The van der Waals surface area contributed by atoms with Crippen LogP contribution in [0.15, 0.2) is 12.4 Å². The Kier molecular flexibility index (Phi) is 3.54. The fraction of sp³-hybridized carbons (Fsp3) is 0.700. The molecule has 0 saturated carbocycles. The first-order valence-electron chi connectivity index (χ1n) is 5.14. The molecule has 77 valence electrons. The minimum atomic E-state index is 0.884. The van der Waals surface area contributed by atoms with Crippen molar-refractivity contribution in [2.75, 3.05) is 32.8 Å². The largest absolute Gasteiger partial charge is 0.379 e. The van der Waals surface area contributed by atoms with Crippen LogP contribution in [0.25, 0.3) is 0 Å². The third-order valence-electron chi connectivity index (χ3n) is 2.47. The molecule has 1 aromatic rings. The van der Waals surface area contributed by atoms with E-state index in [4.69, 9.17) is 4.74 Å². The minimum Gasteiger partial charge on any atom is -0.379 e. The second kappa shape index (κ2) is 5.12. The van der Waals surface area contributed by atoms with E-state index >= 15 is 0 Å². The first-order chi connectivity index (χ1) is 6.95. The summed E-state index contributed by atoms with van der Waals surface area (Å²) in [5.41, 5.74) is 0. The van der Waals surface area contributed by atoms with Crippen LogP contribution in [-0.4, -0.2) is 47.5 Å². The van der Waals surface area contributed by atoms with Gasteiger partial charge in [0.05, 0.1) is 19.4 Å². The predicted octanol–water partition coefficient (Wildman–Crippen LogP) is 0.406. The SMILES string of the molecule is [c]1cnn(CCCN2CCOCC2)c1. The Morgan fingerprint density at radius 3 is 2.86 bits per heavy atom. The summed E-state index contributed by atoms with van der Waals surface area (Å²) in [6.07, 6.45) is 4.74. The number of aromatic nitrogens is 2. The third kappa shape index (κ3) is 2.82. The Balaban J connectivity index is 1.62. The third-order valence-corrected chi connectivity index (χ3v) is 2.47. The zero-order valence-corrected chi connectivity index (χ0v) is 8.35. The van der Waals surface area contributed by atoms with Gasteiger partial charge in [0.2, 0.25) is 0 Å². The molecule has 1 aliphatic heterocycles. The van der Waals surface area contributed by atoms with Gasteiger partial charge in [-0.1, -0.05) is 0 Å². The summed E-state index contributed by atoms with van der Waals surface area (Å²) in [5.74, 6) is 0. The lowest BCUT2D eigenvalue weighted by atomic mass is 10.3.